The van der Waals surface area contributed by atoms with E-state index in [-0.39, 0.29) is 30.1 Å². The number of carbonyl (C=O) groups excluding carboxylic acids is 1. The first-order valence-corrected chi connectivity index (χ1v) is 6.14. The van der Waals surface area contributed by atoms with Crippen molar-refractivity contribution in [3.8, 4) is 5.75 Å². The Balaban J connectivity index is 0.00000200. The average molecular weight is 307 g/mol. The number of nitrogens with zero attached hydrogens (tertiary/aromatic N) is 1. The second-order valence-electron chi connectivity index (χ2n) is 4.46. The standard InChI is InChI=1S/C13H16F2N2O2.ClH/c1-9-8-16-5-6-17(9)12(18)10-3-2-4-11(7-10)19-13(14)15;/h2-4,7,9,13,16H,5-6,8H2,1H3;1H/t9-;/m1./s1. The van der Waals surface area contributed by atoms with Gasteiger partial charge in [-0.1, -0.05) is 6.07 Å². The third-order valence-corrected chi connectivity index (χ3v) is 3.07. The first-order chi connectivity index (χ1) is 9.08. The zero-order chi connectivity index (χ0) is 13.8. The molecule has 1 amide bonds. The summed E-state index contributed by atoms with van der Waals surface area (Å²) in [7, 11) is 0. The predicted octanol–water partition coefficient (Wildman–Crippen LogP) is 2.14. The molecular formula is C13H17ClF2N2O2. The van der Waals surface area contributed by atoms with Crippen molar-refractivity contribution in [2.24, 2.45) is 0 Å². The Hall–Kier alpha value is -1.40. The van der Waals surface area contributed by atoms with Gasteiger partial charge in [-0.15, -0.1) is 12.4 Å². The van der Waals surface area contributed by atoms with E-state index in [4.69, 9.17) is 0 Å². The fraction of sp³-hybridized carbons (Fsp3) is 0.462. The van der Waals surface area contributed by atoms with Gasteiger partial charge in [-0.2, -0.15) is 8.78 Å². The van der Waals surface area contributed by atoms with Crippen molar-refractivity contribution in [3.05, 3.63) is 29.8 Å². The molecule has 1 fully saturated rings. The van der Waals surface area contributed by atoms with Crippen LogP contribution in [0.2, 0.25) is 0 Å². The predicted molar refractivity (Wildman–Crippen MR) is 73.7 cm³/mol. The van der Waals surface area contributed by atoms with Gasteiger partial charge in [0, 0.05) is 31.2 Å². The molecule has 0 unspecified atom stereocenters. The molecule has 112 valence electrons. The second kappa shape index (κ2) is 7.40. The van der Waals surface area contributed by atoms with Crippen LogP contribution in [0.15, 0.2) is 24.3 Å². The number of benzene rings is 1. The summed E-state index contributed by atoms with van der Waals surface area (Å²) in [6, 6.07) is 5.99. The van der Waals surface area contributed by atoms with Gasteiger partial charge in [0.1, 0.15) is 5.75 Å². The van der Waals surface area contributed by atoms with E-state index >= 15 is 0 Å². The monoisotopic (exact) mass is 306 g/mol. The first kappa shape index (κ1) is 16.7. The number of hydrogen-bond acceptors (Lipinski definition) is 3. The zero-order valence-electron chi connectivity index (χ0n) is 11.0. The maximum Gasteiger partial charge on any atom is 0.387 e. The van der Waals surface area contributed by atoms with E-state index in [0.29, 0.717) is 12.1 Å². The lowest BCUT2D eigenvalue weighted by atomic mass is 10.1. The van der Waals surface area contributed by atoms with E-state index in [9.17, 15) is 13.6 Å². The molecular weight excluding hydrogens is 290 g/mol. The van der Waals surface area contributed by atoms with E-state index in [1.54, 1.807) is 11.0 Å². The third kappa shape index (κ3) is 4.05. The van der Waals surface area contributed by atoms with Gasteiger partial charge < -0.3 is 15.0 Å². The number of rotatable bonds is 3. The molecule has 1 atom stereocenters. The Kier molecular flexibility index (Phi) is 6.16. The van der Waals surface area contributed by atoms with Crippen LogP contribution in [0.1, 0.15) is 17.3 Å². The minimum Gasteiger partial charge on any atom is -0.435 e. The summed E-state index contributed by atoms with van der Waals surface area (Å²) < 4.78 is 28.6. The highest BCUT2D eigenvalue weighted by atomic mass is 35.5. The lowest BCUT2D eigenvalue weighted by Crippen LogP contribution is -2.52. The molecule has 1 aromatic rings. The number of ether oxygens (including phenoxy) is 1. The summed E-state index contributed by atoms with van der Waals surface area (Å²) in [5.41, 5.74) is 0.368. The van der Waals surface area contributed by atoms with Gasteiger partial charge in [-0.3, -0.25) is 4.79 Å². The van der Waals surface area contributed by atoms with Crippen LogP contribution in [-0.2, 0) is 0 Å². The number of alkyl halides is 2. The number of carbonyl (C=O) groups is 1. The normalized spacial score (nSPS) is 18.6. The largest absolute Gasteiger partial charge is 0.435 e. The van der Waals surface area contributed by atoms with Crippen LogP contribution in [0.4, 0.5) is 8.78 Å². The number of hydrogen-bond donors (Lipinski definition) is 1. The smallest absolute Gasteiger partial charge is 0.387 e. The second-order valence-corrected chi connectivity index (χ2v) is 4.46. The minimum atomic E-state index is -2.89. The lowest BCUT2D eigenvalue weighted by molar-refractivity contribution is -0.0499. The number of amides is 1. The van der Waals surface area contributed by atoms with Crippen molar-refractivity contribution >= 4 is 18.3 Å². The van der Waals surface area contributed by atoms with E-state index in [1.807, 2.05) is 6.92 Å². The fourth-order valence-corrected chi connectivity index (χ4v) is 2.11. The molecule has 0 radical (unpaired) electrons. The Morgan fingerprint density at radius 1 is 1.50 bits per heavy atom. The van der Waals surface area contributed by atoms with Crippen molar-refractivity contribution in [1.29, 1.82) is 0 Å². The van der Waals surface area contributed by atoms with Crippen molar-refractivity contribution < 1.29 is 18.3 Å². The molecule has 1 heterocycles. The number of nitrogens with one attached hydrogen (secondary N) is 1. The highest BCUT2D eigenvalue weighted by Gasteiger charge is 2.24. The van der Waals surface area contributed by atoms with Crippen LogP contribution < -0.4 is 10.1 Å². The topological polar surface area (TPSA) is 41.6 Å². The minimum absolute atomic E-state index is 0. The molecule has 7 heteroatoms. The van der Waals surface area contributed by atoms with Gasteiger partial charge in [-0.05, 0) is 25.1 Å². The molecule has 0 saturated carbocycles. The molecule has 0 aliphatic carbocycles. The van der Waals surface area contributed by atoms with Crippen molar-refractivity contribution in [1.82, 2.24) is 10.2 Å². The molecule has 0 aromatic heterocycles. The summed E-state index contributed by atoms with van der Waals surface area (Å²) in [4.78, 5) is 14.0. The third-order valence-electron chi connectivity index (χ3n) is 3.07. The average Bonchev–Trinajstić information content (AvgIpc) is 2.38. The SMILES string of the molecule is C[C@@H]1CNCCN1C(=O)c1cccc(OC(F)F)c1.Cl. The van der Waals surface area contributed by atoms with Crippen LogP contribution >= 0.6 is 12.4 Å². The summed E-state index contributed by atoms with van der Waals surface area (Å²) in [6.07, 6.45) is 0. The molecule has 2 rings (SSSR count). The van der Waals surface area contributed by atoms with Crippen LogP contribution in [0.3, 0.4) is 0 Å². The molecule has 1 aliphatic rings. The highest BCUT2D eigenvalue weighted by Crippen LogP contribution is 2.18. The molecule has 1 aliphatic heterocycles. The van der Waals surface area contributed by atoms with Gasteiger partial charge in [-0.25, -0.2) is 0 Å². The molecule has 4 nitrogen and oxygen atoms in total. The van der Waals surface area contributed by atoms with E-state index < -0.39 is 6.61 Å². The molecule has 1 saturated heterocycles. The molecule has 0 spiro atoms. The summed E-state index contributed by atoms with van der Waals surface area (Å²) in [6.45, 7) is 1.15. The van der Waals surface area contributed by atoms with Crippen LogP contribution in [0, 0.1) is 0 Å². The van der Waals surface area contributed by atoms with Crippen molar-refractivity contribution in [2.75, 3.05) is 19.6 Å². The molecule has 0 bridgehead atoms. The van der Waals surface area contributed by atoms with Gasteiger partial charge in [0.2, 0.25) is 0 Å². The molecule has 1 N–H and O–H groups in total. The van der Waals surface area contributed by atoms with Crippen molar-refractivity contribution in [3.63, 3.8) is 0 Å². The molecule has 1 aromatic carbocycles. The maximum atomic E-state index is 12.3. The van der Waals surface area contributed by atoms with Gasteiger partial charge >= 0.3 is 6.61 Å². The van der Waals surface area contributed by atoms with E-state index in [0.717, 1.165) is 13.1 Å². The lowest BCUT2D eigenvalue weighted by Gasteiger charge is -2.34. The number of halogens is 3. The van der Waals surface area contributed by atoms with Crippen molar-refractivity contribution in [2.45, 2.75) is 19.6 Å². The Morgan fingerprint density at radius 3 is 2.90 bits per heavy atom. The number of piperazine rings is 1. The summed E-state index contributed by atoms with van der Waals surface area (Å²) in [5, 5.41) is 3.19. The van der Waals surface area contributed by atoms with Gasteiger partial charge in [0.25, 0.3) is 5.91 Å². The van der Waals surface area contributed by atoms with Crippen LogP contribution in [0.25, 0.3) is 0 Å². The molecule has 20 heavy (non-hydrogen) atoms. The first-order valence-electron chi connectivity index (χ1n) is 6.14. The zero-order valence-corrected chi connectivity index (χ0v) is 11.8. The van der Waals surface area contributed by atoms with Gasteiger partial charge in [0.05, 0.1) is 0 Å². The quantitative estimate of drug-likeness (QED) is 0.930. The Labute approximate surface area is 122 Å². The van der Waals surface area contributed by atoms with E-state index in [1.165, 1.54) is 18.2 Å². The summed E-state index contributed by atoms with van der Waals surface area (Å²) >= 11 is 0. The highest BCUT2D eigenvalue weighted by molar-refractivity contribution is 5.94. The Morgan fingerprint density at radius 2 is 2.25 bits per heavy atom. The van der Waals surface area contributed by atoms with Crippen LogP contribution in [-0.4, -0.2) is 43.1 Å². The van der Waals surface area contributed by atoms with E-state index in [2.05, 4.69) is 10.1 Å². The fourth-order valence-electron chi connectivity index (χ4n) is 2.11. The maximum absolute atomic E-state index is 12.3. The summed E-state index contributed by atoms with van der Waals surface area (Å²) in [5.74, 6) is -0.155. The van der Waals surface area contributed by atoms with Gasteiger partial charge in [0.15, 0.2) is 0 Å². The van der Waals surface area contributed by atoms with Crippen LogP contribution in [0.5, 0.6) is 5.75 Å². The Bertz CT molecular complexity index is 460.